The average Bonchev–Trinajstić information content (AvgIpc) is 1.82. The summed E-state index contributed by atoms with van der Waals surface area (Å²) < 4.78 is 0. The molecule has 0 rings (SSSR count). The lowest BCUT2D eigenvalue weighted by atomic mass is 10.5. The van der Waals surface area contributed by atoms with E-state index in [-0.39, 0.29) is 0 Å². The van der Waals surface area contributed by atoms with Crippen LogP contribution in [0.4, 0.5) is 0 Å². The molecule has 0 aliphatic carbocycles. The lowest BCUT2D eigenvalue weighted by Crippen LogP contribution is -2.16. The number of carbonyl (C=O) groups is 2. The summed E-state index contributed by atoms with van der Waals surface area (Å²) in [5, 5.41) is 1.25. The minimum Gasteiger partial charge on any atom is -0.365 e. The van der Waals surface area contributed by atoms with E-state index < -0.39 is 5.97 Å². The van der Waals surface area contributed by atoms with Crippen LogP contribution in [0.1, 0.15) is 0 Å². The Labute approximate surface area is 59.0 Å². The van der Waals surface area contributed by atoms with Crippen molar-refractivity contribution < 1.29 is 14.4 Å². The van der Waals surface area contributed by atoms with Gasteiger partial charge in [-0.15, -0.1) is 5.06 Å². The van der Waals surface area contributed by atoms with Crippen molar-refractivity contribution >= 4 is 12.3 Å². The van der Waals surface area contributed by atoms with Gasteiger partial charge in [-0.3, -0.25) is 4.79 Å². The van der Waals surface area contributed by atoms with Gasteiger partial charge in [0.1, 0.15) is 6.29 Å². The predicted molar refractivity (Wildman–Crippen MR) is 35.0 cm³/mol. The van der Waals surface area contributed by atoms with Gasteiger partial charge >= 0.3 is 5.97 Å². The van der Waals surface area contributed by atoms with Crippen LogP contribution in [0, 0.1) is 0 Å². The molecule has 0 spiro atoms. The van der Waals surface area contributed by atoms with E-state index in [4.69, 9.17) is 0 Å². The molecule has 0 aliphatic rings. The van der Waals surface area contributed by atoms with Crippen LogP contribution >= 0.6 is 0 Å². The minimum absolute atomic E-state index is 0.511. The van der Waals surface area contributed by atoms with Gasteiger partial charge in [0, 0.05) is 20.2 Å². The van der Waals surface area contributed by atoms with Crippen molar-refractivity contribution in [2.24, 2.45) is 0 Å². The maximum absolute atomic E-state index is 10.5. The van der Waals surface area contributed by atoms with Crippen molar-refractivity contribution in [3.05, 3.63) is 12.2 Å². The molecule has 10 heavy (non-hydrogen) atoms. The van der Waals surface area contributed by atoms with Gasteiger partial charge in [0.15, 0.2) is 0 Å². The van der Waals surface area contributed by atoms with Gasteiger partial charge in [0.05, 0.1) is 0 Å². The van der Waals surface area contributed by atoms with Crippen LogP contribution in [0.25, 0.3) is 0 Å². The highest BCUT2D eigenvalue weighted by Crippen LogP contribution is 1.81. The SMILES string of the molecule is CN(C)OC(=O)C=CC=O. The molecule has 0 unspecified atom stereocenters. The Kier molecular flexibility index (Phi) is 4.15. The van der Waals surface area contributed by atoms with Crippen molar-refractivity contribution in [3.8, 4) is 0 Å². The smallest absolute Gasteiger partial charge is 0.349 e. The summed E-state index contributed by atoms with van der Waals surface area (Å²) in [5.41, 5.74) is 0. The molecule has 0 aromatic rings. The van der Waals surface area contributed by atoms with Crippen molar-refractivity contribution in [1.29, 1.82) is 0 Å². The Morgan fingerprint density at radius 1 is 1.50 bits per heavy atom. The lowest BCUT2D eigenvalue weighted by Gasteiger charge is -2.06. The van der Waals surface area contributed by atoms with E-state index in [0.29, 0.717) is 6.29 Å². The van der Waals surface area contributed by atoms with Gasteiger partial charge in [-0.05, 0) is 6.08 Å². The number of carbonyl (C=O) groups excluding carboxylic acids is 2. The van der Waals surface area contributed by atoms with E-state index >= 15 is 0 Å². The molecule has 0 bridgehead atoms. The largest absolute Gasteiger partial charge is 0.365 e. The summed E-state index contributed by atoms with van der Waals surface area (Å²) >= 11 is 0. The third-order valence-electron chi connectivity index (χ3n) is 0.583. The van der Waals surface area contributed by atoms with Crippen molar-refractivity contribution in [2.75, 3.05) is 14.1 Å². The lowest BCUT2D eigenvalue weighted by molar-refractivity contribution is -0.171. The number of allylic oxidation sites excluding steroid dienone is 1. The summed E-state index contributed by atoms with van der Waals surface area (Å²) in [6.45, 7) is 0. The van der Waals surface area contributed by atoms with Crippen molar-refractivity contribution in [1.82, 2.24) is 5.06 Å². The number of aldehydes is 1. The molecule has 4 nitrogen and oxygen atoms in total. The maximum Gasteiger partial charge on any atom is 0.349 e. The van der Waals surface area contributed by atoms with Gasteiger partial charge in [-0.25, -0.2) is 4.79 Å². The Morgan fingerprint density at radius 2 is 2.10 bits per heavy atom. The highest BCUT2D eigenvalue weighted by atomic mass is 16.7. The summed E-state index contributed by atoms with van der Waals surface area (Å²) in [6.07, 6.45) is 2.63. The number of hydrogen-bond acceptors (Lipinski definition) is 4. The second kappa shape index (κ2) is 4.69. The van der Waals surface area contributed by atoms with Gasteiger partial charge in [-0.2, -0.15) is 0 Å². The molecule has 0 atom stereocenters. The zero-order chi connectivity index (χ0) is 7.98. The molecule has 0 saturated heterocycles. The molecule has 0 saturated carbocycles. The second-order valence-electron chi connectivity index (χ2n) is 1.72. The van der Waals surface area contributed by atoms with Crippen molar-refractivity contribution in [2.45, 2.75) is 0 Å². The molecule has 0 heterocycles. The number of hydroxylamine groups is 2. The fraction of sp³-hybridized carbons (Fsp3) is 0.333. The van der Waals surface area contributed by atoms with Gasteiger partial charge < -0.3 is 4.84 Å². The van der Waals surface area contributed by atoms with Crippen LogP contribution in [0.2, 0.25) is 0 Å². The first kappa shape index (κ1) is 8.84. The Morgan fingerprint density at radius 3 is 2.50 bits per heavy atom. The molecule has 0 aromatic carbocycles. The first-order chi connectivity index (χ1) is 4.66. The summed E-state index contributed by atoms with van der Waals surface area (Å²) in [7, 11) is 3.15. The molecule has 0 radical (unpaired) electrons. The summed E-state index contributed by atoms with van der Waals surface area (Å²) in [6, 6.07) is 0. The average molecular weight is 143 g/mol. The Bertz CT molecular complexity index is 151. The van der Waals surface area contributed by atoms with Crippen LogP contribution < -0.4 is 0 Å². The monoisotopic (exact) mass is 143 g/mol. The molecule has 4 heteroatoms. The summed E-state index contributed by atoms with van der Waals surface area (Å²) in [4.78, 5) is 24.7. The number of hydrogen-bond donors (Lipinski definition) is 0. The van der Waals surface area contributed by atoms with Crippen LogP contribution in [0.3, 0.4) is 0 Å². The predicted octanol–water partition coefficient (Wildman–Crippen LogP) is -0.239. The Hall–Kier alpha value is -1.16. The second-order valence-corrected chi connectivity index (χ2v) is 1.72. The fourth-order valence-electron chi connectivity index (χ4n) is 0.328. The molecule has 0 aliphatic heterocycles. The quantitative estimate of drug-likeness (QED) is 0.311. The normalized spacial score (nSPS) is 10.3. The zero-order valence-electron chi connectivity index (χ0n) is 5.90. The highest BCUT2D eigenvalue weighted by Gasteiger charge is 1.96. The maximum atomic E-state index is 10.5. The van der Waals surface area contributed by atoms with Crippen LogP contribution in [0.15, 0.2) is 12.2 Å². The molecule has 0 N–H and O–H groups in total. The number of rotatable bonds is 3. The van der Waals surface area contributed by atoms with Crippen LogP contribution in [-0.2, 0) is 14.4 Å². The molecule has 0 amide bonds. The Balaban J connectivity index is 3.64. The standard InChI is InChI=1S/C6H9NO3/c1-7(2)10-6(9)4-3-5-8/h3-5H,1-2H3. The highest BCUT2D eigenvalue weighted by molar-refractivity contribution is 5.86. The van der Waals surface area contributed by atoms with E-state index in [1.807, 2.05) is 0 Å². The summed E-state index contributed by atoms with van der Waals surface area (Å²) in [5.74, 6) is -0.558. The van der Waals surface area contributed by atoms with E-state index in [9.17, 15) is 9.59 Å². The van der Waals surface area contributed by atoms with Gasteiger partial charge in [0.2, 0.25) is 0 Å². The van der Waals surface area contributed by atoms with E-state index in [0.717, 1.165) is 12.2 Å². The fourth-order valence-corrected chi connectivity index (χ4v) is 0.328. The first-order valence-corrected chi connectivity index (χ1v) is 2.68. The van der Waals surface area contributed by atoms with E-state index in [1.54, 1.807) is 14.1 Å². The molecule has 0 aromatic heterocycles. The molecule has 0 fully saturated rings. The zero-order valence-corrected chi connectivity index (χ0v) is 5.90. The minimum atomic E-state index is -0.558. The molecule has 56 valence electrons. The van der Waals surface area contributed by atoms with E-state index in [1.165, 1.54) is 5.06 Å². The van der Waals surface area contributed by atoms with Gasteiger partial charge in [-0.1, -0.05) is 0 Å². The molecular weight excluding hydrogens is 134 g/mol. The van der Waals surface area contributed by atoms with Gasteiger partial charge in [0.25, 0.3) is 0 Å². The van der Waals surface area contributed by atoms with Crippen LogP contribution in [0.5, 0.6) is 0 Å². The molecular formula is C6H9NO3. The van der Waals surface area contributed by atoms with Crippen LogP contribution in [-0.4, -0.2) is 31.4 Å². The third-order valence-corrected chi connectivity index (χ3v) is 0.583. The first-order valence-electron chi connectivity index (χ1n) is 2.68. The van der Waals surface area contributed by atoms with Crippen molar-refractivity contribution in [3.63, 3.8) is 0 Å². The number of nitrogens with zero attached hydrogens (tertiary/aromatic N) is 1. The topological polar surface area (TPSA) is 46.6 Å². The van der Waals surface area contributed by atoms with E-state index in [2.05, 4.69) is 4.84 Å². The third kappa shape index (κ3) is 4.99.